The Morgan fingerprint density at radius 2 is 0.545 bits per heavy atom. The van der Waals surface area contributed by atoms with Gasteiger partial charge >= 0.3 is 17.8 Å². The molecule has 0 aromatic carbocycles. The molecule has 0 N–H and O–H groups in total. The molecule has 4 rings (SSSR count). The molecule has 1 saturated heterocycles. The lowest BCUT2D eigenvalue weighted by Crippen LogP contribution is -2.13. The van der Waals surface area contributed by atoms with E-state index in [1.165, 1.54) is 25.4 Å². The van der Waals surface area contributed by atoms with E-state index in [1.54, 1.807) is 141 Å². The summed E-state index contributed by atoms with van der Waals surface area (Å²) in [5, 5.41) is 0. The quantitative estimate of drug-likeness (QED) is 0.269. The Labute approximate surface area is 246 Å². The lowest BCUT2D eigenvalue weighted by molar-refractivity contribution is -0.0763. The highest BCUT2D eigenvalue weighted by molar-refractivity contribution is 8.42. The molecule has 0 atom stereocenters. The van der Waals surface area contributed by atoms with E-state index >= 15 is 0 Å². The number of thioether (sulfide) groups is 12. The molecule has 0 bridgehead atoms. The lowest BCUT2D eigenvalue weighted by atomic mass is 10.8. The molecule has 0 saturated carbocycles. The molecule has 0 radical (unpaired) electrons. The van der Waals surface area contributed by atoms with Gasteiger partial charge in [0.15, 0.2) is 0 Å². The average Bonchev–Trinajstić information content (AvgIpc) is 3.58. The molecular formula is C18H18O3S12. The van der Waals surface area contributed by atoms with Crippen molar-refractivity contribution in [1.29, 1.82) is 0 Å². The van der Waals surface area contributed by atoms with Crippen molar-refractivity contribution < 1.29 is 14.2 Å². The van der Waals surface area contributed by atoms with Gasteiger partial charge in [-0.05, 0) is 37.5 Å². The topological polar surface area (TPSA) is 27.7 Å². The summed E-state index contributed by atoms with van der Waals surface area (Å²) < 4.78 is 29.5. The average molecular weight is 667 g/mol. The maximum Gasteiger partial charge on any atom is 0.317 e. The monoisotopic (exact) mass is 666 g/mol. The summed E-state index contributed by atoms with van der Waals surface area (Å²) in [6, 6.07) is 0. The molecule has 33 heavy (non-hydrogen) atoms. The van der Waals surface area contributed by atoms with Crippen LogP contribution >= 0.6 is 141 Å². The fourth-order valence-electron chi connectivity index (χ4n) is 2.38. The SMILES string of the molecule is CSC1=C(SC)SC(=C2OC(=C3SC(SC)=C(SC)S3)OC(=C3SC(SC)=C(SC)S3)O2)S1. The number of hydrogen-bond donors (Lipinski definition) is 0. The van der Waals surface area contributed by atoms with Crippen LogP contribution in [0.15, 0.2) is 56.0 Å². The second-order valence-electron chi connectivity index (χ2n) is 5.59. The summed E-state index contributed by atoms with van der Waals surface area (Å²) in [4.78, 5) is 0. The van der Waals surface area contributed by atoms with Crippen LogP contribution in [0.4, 0.5) is 0 Å². The minimum atomic E-state index is 0.505. The predicted octanol–water partition coefficient (Wildman–Crippen LogP) is 10.4. The Morgan fingerprint density at radius 3 is 0.697 bits per heavy atom. The minimum absolute atomic E-state index is 0.505. The highest BCUT2D eigenvalue weighted by Gasteiger charge is 2.37. The Kier molecular flexibility index (Phi) is 11.2. The maximum atomic E-state index is 6.29. The molecule has 15 heteroatoms. The highest BCUT2D eigenvalue weighted by Crippen LogP contribution is 2.62. The van der Waals surface area contributed by atoms with Gasteiger partial charge < -0.3 is 14.2 Å². The normalized spacial score (nSPS) is 21.6. The fraction of sp³-hybridized carbons (Fsp3) is 0.333. The number of ether oxygens (including phenoxy) is 3. The molecule has 1 fully saturated rings. The Balaban J connectivity index is 1.70. The first-order valence-electron chi connectivity index (χ1n) is 8.85. The summed E-state index contributed by atoms with van der Waals surface area (Å²) in [5.41, 5.74) is 0. The van der Waals surface area contributed by atoms with Crippen molar-refractivity contribution in [2.45, 2.75) is 0 Å². The summed E-state index contributed by atoms with van der Waals surface area (Å²) in [7, 11) is 0. The van der Waals surface area contributed by atoms with Gasteiger partial charge in [0.25, 0.3) is 0 Å². The molecular weight excluding hydrogens is 649 g/mol. The first kappa shape index (κ1) is 28.1. The van der Waals surface area contributed by atoms with Crippen molar-refractivity contribution in [1.82, 2.24) is 0 Å². The first-order valence-corrected chi connectivity index (χ1v) is 21.1. The van der Waals surface area contributed by atoms with E-state index in [2.05, 4.69) is 37.5 Å². The van der Waals surface area contributed by atoms with E-state index in [9.17, 15) is 0 Å². The van der Waals surface area contributed by atoms with E-state index in [0.29, 0.717) is 17.8 Å². The molecule has 0 spiro atoms. The molecule has 0 aliphatic carbocycles. The summed E-state index contributed by atoms with van der Waals surface area (Å²) >= 11 is 20.8. The second kappa shape index (κ2) is 13.2. The van der Waals surface area contributed by atoms with E-state index in [-0.39, 0.29) is 0 Å². The van der Waals surface area contributed by atoms with Gasteiger partial charge in [0.1, 0.15) is 12.7 Å². The molecule has 0 unspecified atom stereocenters. The minimum Gasteiger partial charge on any atom is -0.389 e. The van der Waals surface area contributed by atoms with Crippen LogP contribution in [0.1, 0.15) is 0 Å². The molecule has 3 nitrogen and oxygen atoms in total. The van der Waals surface area contributed by atoms with Gasteiger partial charge in [0, 0.05) is 0 Å². The van der Waals surface area contributed by atoms with Crippen molar-refractivity contribution >= 4 is 141 Å². The van der Waals surface area contributed by atoms with Gasteiger partial charge in [0.05, 0.1) is 25.4 Å². The van der Waals surface area contributed by atoms with Gasteiger partial charge in [0.2, 0.25) is 0 Å². The van der Waals surface area contributed by atoms with Gasteiger partial charge in [-0.2, -0.15) is 0 Å². The van der Waals surface area contributed by atoms with Gasteiger partial charge in [-0.3, -0.25) is 0 Å². The summed E-state index contributed by atoms with van der Waals surface area (Å²) in [5.74, 6) is 1.52. The summed E-state index contributed by atoms with van der Waals surface area (Å²) in [6.07, 6.45) is 12.6. The summed E-state index contributed by atoms with van der Waals surface area (Å²) in [6.45, 7) is 0. The molecule has 4 aliphatic heterocycles. The van der Waals surface area contributed by atoms with E-state index < -0.39 is 0 Å². The molecule has 4 heterocycles. The van der Waals surface area contributed by atoms with Crippen molar-refractivity contribution in [2.75, 3.05) is 37.5 Å². The fourth-order valence-corrected chi connectivity index (χ4v) is 16.8. The molecule has 0 aromatic rings. The second-order valence-corrected chi connectivity index (χ2v) is 18.9. The van der Waals surface area contributed by atoms with Crippen LogP contribution in [0, 0.1) is 0 Å². The van der Waals surface area contributed by atoms with Crippen molar-refractivity contribution in [3.63, 3.8) is 0 Å². The molecule has 0 aromatic heterocycles. The van der Waals surface area contributed by atoms with E-state index in [0.717, 1.165) is 12.7 Å². The standard InChI is InChI=1S/C18H18O3S12/c1-22-13-14(23-2)29-10(28-13)7-19-8(11-30-15(24-3)16(25-4)31-11)21-9(20-7)12-32-17(26-5)18(27-6)33-12/h1-6H3. The van der Waals surface area contributed by atoms with Crippen molar-refractivity contribution in [3.05, 3.63) is 56.0 Å². The Morgan fingerprint density at radius 1 is 0.364 bits per heavy atom. The lowest BCUT2D eigenvalue weighted by Gasteiger charge is -2.24. The van der Waals surface area contributed by atoms with Gasteiger partial charge in [-0.15, -0.1) is 70.6 Å². The zero-order valence-electron chi connectivity index (χ0n) is 18.1. The largest absolute Gasteiger partial charge is 0.389 e. The van der Waals surface area contributed by atoms with E-state index in [1.807, 2.05) is 0 Å². The number of hydrogen-bond acceptors (Lipinski definition) is 15. The highest BCUT2D eigenvalue weighted by atomic mass is 32.3. The zero-order valence-corrected chi connectivity index (χ0v) is 27.9. The van der Waals surface area contributed by atoms with Crippen LogP contribution in [-0.2, 0) is 14.2 Å². The van der Waals surface area contributed by atoms with Crippen LogP contribution in [0.3, 0.4) is 0 Å². The zero-order chi connectivity index (χ0) is 23.5. The van der Waals surface area contributed by atoms with Crippen LogP contribution in [0.5, 0.6) is 0 Å². The van der Waals surface area contributed by atoms with Crippen LogP contribution < -0.4 is 0 Å². The molecule has 180 valence electrons. The maximum absolute atomic E-state index is 6.29. The third kappa shape index (κ3) is 6.37. The van der Waals surface area contributed by atoms with Gasteiger partial charge in [-0.25, -0.2) is 0 Å². The van der Waals surface area contributed by atoms with Crippen LogP contribution in [0.2, 0.25) is 0 Å². The van der Waals surface area contributed by atoms with Crippen molar-refractivity contribution in [2.24, 2.45) is 0 Å². The molecule has 4 aliphatic rings. The van der Waals surface area contributed by atoms with Crippen molar-refractivity contribution in [3.8, 4) is 0 Å². The predicted molar refractivity (Wildman–Crippen MR) is 172 cm³/mol. The first-order chi connectivity index (χ1) is 16.0. The number of rotatable bonds is 6. The third-order valence-corrected chi connectivity index (χ3v) is 19.2. The Bertz CT molecular complexity index is 828. The van der Waals surface area contributed by atoms with Crippen LogP contribution in [0.25, 0.3) is 0 Å². The third-order valence-electron chi connectivity index (χ3n) is 3.78. The molecule has 0 amide bonds. The van der Waals surface area contributed by atoms with E-state index in [4.69, 9.17) is 14.2 Å². The van der Waals surface area contributed by atoms with Crippen LogP contribution in [-0.4, -0.2) is 37.5 Å². The smallest absolute Gasteiger partial charge is 0.317 e. The Hall–Kier alpha value is 2.04. The van der Waals surface area contributed by atoms with Gasteiger partial charge in [-0.1, -0.05) is 70.6 Å².